The van der Waals surface area contributed by atoms with Crippen molar-refractivity contribution in [3.05, 3.63) is 94.2 Å². The van der Waals surface area contributed by atoms with Crippen LogP contribution >= 0.6 is 11.3 Å². The molecular formula is C28H25N3O4S2. The number of likely N-dealkylation sites (tertiary alicyclic amines) is 1. The number of nitrogens with zero attached hydrogens (tertiary/aromatic N) is 3. The third-order valence-corrected chi connectivity index (χ3v) is 9.30. The number of rotatable bonds is 8. The number of benzene rings is 3. The van der Waals surface area contributed by atoms with Crippen molar-refractivity contribution in [1.29, 1.82) is 5.26 Å². The summed E-state index contributed by atoms with van der Waals surface area (Å²) in [6.07, 6.45) is 0.390. The van der Waals surface area contributed by atoms with Crippen molar-refractivity contribution in [3.8, 4) is 11.8 Å². The summed E-state index contributed by atoms with van der Waals surface area (Å²) in [5, 5.41) is 12.6. The fourth-order valence-corrected chi connectivity index (χ4v) is 6.97. The van der Waals surface area contributed by atoms with Crippen LogP contribution in [-0.4, -0.2) is 43.2 Å². The minimum absolute atomic E-state index is 0.0839. The molecule has 188 valence electrons. The molecule has 0 unspecified atom stereocenters. The molecule has 0 spiro atoms. The van der Waals surface area contributed by atoms with Crippen LogP contribution in [0.15, 0.2) is 83.1 Å². The van der Waals surface area contributed by atoms with Crippen LogP contribution in [-0.2, 0) is 27.9 Å². The third kappa shape index (κ3) is 5.09. The van der Waals surface area contributed by atoms with Crippen molar-refractivity contribution in [3.63, 3.8) is 0 Å². The molecule has 5 rings (SSSR count). The van der Waals surface area contributed by atoms with E-state index < -0.39 is 16.1 Å². The van der Waals surface area contributed by atoms with Crippen LogP contribution in [0.2, 0.25) is 0 Å². The first-order valence-corrected chi connectivity index (χ1v) is 14.1. The summed E-state index contributed by atoms with van der Waals surface area (Å²) in [7, 11) is -2.45. The molecule has 1 fully saturated rings. The second kappa shape index (κ2) is 10.3. The molecule has 1 aliphatic heterocycles. The van der Waals surface area contributed by atoms with E-state index in [1.54, 1.807) is 42.3 Å². The zero-order valence-corrected chi connectivity index (χ0v) is 21.8. The number of ether oxygens (including phenoxy) is 1. The normalized spacial score (nSPS) is 15.9. The fraction of sp³-hybridized carbons (Fsp3) is 0.214. The first kappa shape index (κ1) is 25.0. The number of amides is 1. The van der Waals surface area contributed by atoms with Crippen molar-refractivity contribution in [2.75, 3.05) is 13.7 Å². The molecular weight excluding hydrogens is 506 g/mol. The van der Waals surface area contributed by atoms with Crippen LogP contribution in [0.25, 0.3) is 10.8 Å². The average molecular weight is 532 g/mol. The predicted molar refractivity (Wildman–Crippen MR) is 143 cm³/mol. The van der Waals surface area contributed by atoms with Crippen molar-refractivity contribution in [2.24, 2.45) is 0 Å². The van der Waals surface area contributed by atoms with Crippen molar-refractivity contribution in [2.45, 2.75) is 30.4 Å². The highest BCUT2D eigenvalue weighted by Gasteiger charge is 2.42. The minimum Gasteiger partial charge on any atom is -0.497 e. The van der Waals surface area contributed by atoms with Gasteiger partial charge in [-0.25, -0.2) is 8.42 Å². The molecule has 0 bridgehead atoms. The summed E-state index contributed by atoms with van der Waals surface area (Å²) >= 11 is 1.33. The topological polar surface area (TPSA) is 90.7 Å². The Balaban J connectivity index is 1.49. The molecule has 1 aliphatic rings. The first-order chi connectivity index (χ1) is 17.9. The lowest BCUT2D eigenvalue weighted by molar-refractivity contribution is -0.131. The molecule has 9 heteroatoms. The Bertz CT molecular complexity index is 1590. The number of methoxy groups -OCH3 is 1. The molecule has 7 nitrogen and oxygen atoms in total. The lowest BCUT2D eigenvalue weighted by Gasteiger charge is -2.27. The Hall–Kier alpha value is -3.71. The van der Waals surface area contributed by atoms with E-state index in [2.05, 4.69) is 6.07 Å². The van der Waals surface area contributed by atoms with Crippen LogP contribution in [0.4, 0.5) is 0 Å². The number of hydrogen-bond acceptors (Lipinski definition) is 6. The number of carbonyl (C=O) groups is 1. The van der Waals surface area contributed by atoms with Gasteiger partial charge in [0.2, 0.25) is 15.9 Å². The van der Waals surface area contributed by atoms with E-state index in [0.717, 1.165) is 21.9 Å². The zero-order chi connectivity index (χ0) is 26.0. The number of hydrogen-bond donors (Lipinski definition) is 0. The first-order valence-electron chi connectivity index (χ1n) is 11.8. The van der Waals surface area contributed by atoms with Gasteiger partial charge >= 0.3 is 0 Å². The van der Waals surface area contributed by atoms with Crippen LogP contribution in [0.5, 0.6) is 5.75 Å². The fourth-order valence-electron chi connectivity index (χ4n) is 4.64. The summed E-state index contributed by atoms with van der Waals surface area (Å²) in [6, 6.07) is 22.9. The second-order valence-electron chi connectivity index (χ2n) is 8.91. The summed E-state index contributed by atoms with van der Waals surface area (Å²) < 4.78 is 34.8. The molecule has 1 amide bonds. The molecule has 0 radical (unpaired) electrons. The summed E-state index contributed by atoms with van der Waals surface area (Å²) in [4.78, 5) is 15.9. The van der Waals surface area contributed by atoms with Gasteiger partial charge in [0.15, 0.2) is 0 Å². The molecule has 1 aromatic heterocycles. The van der Waals surface area contributed by atoms with Gasteiger partial charge in [0.25, 0.3) is 0 Å². The SMILES string of the molecule is COc1ccc2ccc(S(=O)(=O)N(Cc3ccccc3)[C@H]3CCN(Cc4csc(C#N)c4)C3=O)cc2c1. The van der Waals surface area contributed by atoms with E-state index in [0.29, 0.717) is 30.1 Å². The number of fused-ring (bicyclic) bond motifs is 1. The predicted octanol–water partition coefficient (Wildman–Crippen LogP) is 4.77. The molecule has 3 aromatic carbocycles. The molecule has 2 heterocycles. The molecule has 4 aromatic rings. The van der Waals surface area contributed by atoms with Crippen molar-refractivity contribution < 1.29 is 17.9 Å². The van der Waals surface area contributed by atoms with E-state index in [1.807, 2.05) is 47.8 Å². The lowest BCUT2D eigenvalue weighted by Crippen LogP contribution is -2.44. The van der Waals surface area contributed by atoms with Gasteiger partial charge in [0, 0.05) is 19.6 Å². The second-order valence-corrected chi connectivity index (χ2v) is 11.7. The van der Waals surface area contributed by atoms with Crippen LogP contribution in [0.3, 0.4) is 0 Å². The molecule has 1 atom stereocenters. The molecule has 0 N–H and O–H groups in total. The van der Waals surface area contributed by atoms with Crippen LogP contribution in [0.1, 0.15) is 22.4 Å². The van der Waals surface area contributed by atoms with E-state index in [4.69, 9.17) is 10.00 Å². The number of nitriles is 1. The lowest BCUT2D eigenvalue weighted by atomic mass is 10.1. The number of carbonyl (C=O) groups excluding carboxylic acids is 1. The van der Waals surface area contributed by atoms with E-state index in [9.17, 15) is 13.2 Å². The molecule has 0 saturated carbocycles. The van der Waals surface area contributed by atoms with Gasteiger partial charge in [0.1, 0.15) is 22.7 Å². The maximum Gasteiger partial charge on any atom is 0.244 e. The Kier molecular flexibility index (Phi) is 6.98. The smallest absolute Gasteiger partial charge is 0.244 e. The summed E-state index contributed by atoms with van der Waals surface area (Å²) in [5.41, 5.74) is 1.67. The Labute approximate surface area is 220 Å². The average Bonchev–Trinajstić information content (AvgIpc) is 3.53. The van der Waals surface area contributed by atoms with Crippen LogP contribution in [0, 0.1) is 11.3 Å². The molecule has 37 heavy (non-hydrogen) atoms. The molecule has 0 aliphatic carbocycles. The van der Waals surface area contributed by atoms with Crippen molar-refractivity contribution >= 4 is 38.0 Å². The zero-order valence-electron chi connectivity index (χ0n) is 20.2. The van der Waals surface area contributed by atoms with Gasteiger partial charge in [-0.2, -0.15) is 9.57 Å². The molecule has 1 saturated heterocycles. The van der Waals surface area contributed by atoms with Crippen LogP contribution < -0.4 is 4.74 Å². The van der Waals surface area contributed by atoms with E-state index >= 15 is 0 Å². The van der Waals surface area contributed by atoms with Gasteiger partial charge in [-0.3, -0.25) is 4.79 Å². The highest BCUT2D eigenvalue weighted by Crippen LogP contribution is 2.31. The van der Waals surface area contributed by atoms with Gasteiger partial charge in [-0.1, -0.05) is 42.5 Å². The monoisotopic (exact) mass is 531 g/mol. The highest BCUT2D eigenvalue weighted by molar-refractivity contribution is 7.89. The third-order valence-electron chi connectivity index (χ3n) is 6.56. The Morgan fingerprint density at radius 3 is 2.57 bits per heavy atom. The van der Waals surface area contributed by atoms with Gasteiger partial charge in [-0.05, 0) is 64.0 Å². The quantitative estimate of drug-likeness (QED) is 0.327. The summed E-state index contributed by atoms with van der Waals surface area (Å²) in [5.74, 6) is 0.407. The maximum atomic E-state index is 14.1. The van der Waals surface area contributed by atoms with Crippen molar-refractivity contribution in [1.82, 2.24) is 9.21 Å². The Morgan fingerprint density at radius 2 is 1.84 bits per heavy atom. The standard InChI is InChI=1S/C28H25N3O4S2/c1-35-24-9-7-22-8-10-26(15-23(22)14-24)37(33,34)31(18-20-5-3-2-4-6-20)27-11-12-30(28(27)32)17-21-13-25(16-29)36-19-21/h2-10,13-15,19,27H,11-12,17-18H2,1H3/t27-/m0/s1. The number of thiophene rings is 1. The summed E-state index contributed by atoms with van der Waals surface area (Å²) in [6.45, 7) is 0.875. The van der Waals surface area contributed by atoms with E-state index in [1.165, 1.54) is 15.6 Å². The maximum absolute atomic E-state index is 14.1. The van der Waals surface area contributed by atoms with Gasteiger partial charge < -0.3 is 9.64 Å². The largest absolute Gasteiger partial charge is 0.497 e. The van der Waals surface area contributed by atoms with E-state index in [-0.39, 0.29) is 17.3 Å². The van der Waals surface area contributed by atoms with Gasteiger partial charge in [0.05, 0.1) is 12.0 Å². The highest BCUT2D eigenvalue weighted by atomic mass is 32.2. The number of sulfonamides is 1. The minimum atomic E-state index is -4.02. The van der Waals surface area contributed by atoms with Gasteiger partial charge in [-0.15, -0.1) is 11.3 Å². The Morgan fingerprint density at radius 1 is 1.05 bits per heavy atom.